The molecule has 0 bridgehead atoms. The Morgan fingerprint density at radius 1 is 1.23 bits per heavy atom. The highest BCUT2D eigenvalue weighted by Gasteiger charge is 2.13. The van der Waals surface area contributed by atoms with E-state index in [1.165, 1.54) is 0 Å². The first-order valence-corrected chi connectivity index (χ1v) is 8.39. The smallest absolute Gasteiger partial charge is 0.262 e. The van der Waals surface area contributed by atoms with Crippen molar-refractivity contribution in [2.45, 2.75) is 6.92 Å². The van der Waals surface area contributed by atoms with E-state index >= 15 is 0 Å². The van der Waals surface area contributed by atoms with Gasteiger partial charge in [-0.1, -0.05) is 17.7 Å². The number of halogens is 1. The molecule has 1 N–H and O–H groups in total. The molecule has 0 saturated heterocycles. The maximum Gasteiger partial charge on any atom is 0.262 e. The summed E-state index contributed by atoms with van der Waals surface area (Å²) in [6.07, 6.45) is 0. The Labute approximate surface area is 157 Å². The molecular weight excluding hydrogens is 354 g/mol. The lowest BCUT2D eigenvalue weighted by Crippen LogP contribution is -2.22. The van der Waals surface area contributed by atoms with Crippen molar-refractivity contribution >= 4 is 28.9 Å². The topological polar surface area (TPSA) is 74.6 Å². The number of nitrogens with zero attached hydrogens (tertiary/aromatic N) is 2. The Balaban J connectivity index is 2.09. The first-order valence-electron chi connectivity index (χ1n) is 8.01. The van der Waals surface area contributed by atoms with Crippen LogP contribution in [0.1, 0.15) is 12.5 Å². The molecule has 0 aliphatic carbocycles. The summed E-state index contributed by atoms with van der Waals surface area (Å²) in [7, 11) is 3.69. The van der Waals surface area contributed by atoms with E-state index in [1.54, 1.807) is 36.4 Å². The average molecular weight is 374 g/mol. The van der Waals surface area contributed by atoms with Gasteiger partial charge >= 0.3 is 0 Å². The lowest BCUT2D eigenvalue weighted by atomic mass is 10.2. The second kappa shape index (κ2) is 8.97. The van der Waals surface area contributed by atoms with Crippen LogP contribution in [0.2, 0.25) is 5.02 Å². The van der Waals surface area contributed by atoms with Crippen molar-refractivity contribution in [3.8, 4) is 17.6 Å². The summed E-state index contributed by atoms with van der Waals surface area (Å²) in [5, 5.41) is 12.3. The largest absolute Gasteiger partial charge is 0.490 e. The molecule has 0 unspecified atom stereocenters. The highest BCUT2D eigenvalue weighted by molar-refractivity contribution is 6.34. The van der Waals surface area contributed by atoms with Crippen LogP contribution in [0.15, 0.2) is 36.4 Å². The summed E-state index contributed by atoms with van der Waals surface area (Å²) in [6.45, 7) is 2.05. The summed E-state index contributed by atoms with van der Waals surface area (Å²) in [4.78, 5) is 14.1. The third-order valence-corrected chi connectivity index (χ3v) is 3.74. The van der Waals surface area contributed by atoms with Gasteiger partial charge in [-0.15, -0.1) is 0 Å². The lowest BCUT2D eigenvalue weighted by molar-refractivity contribution is -0.118. The molecule has 1 amide bonds. The van der Waals surface area contributed by atoms with Crippen LogP contribution in [0, 0.1) is 11.3 Å². The molecule has 0 aliphatic heterocycles. The van der Waals surface area contributed by atoms with E-state index in [4.69, 9.17) is 26.3 Å². The van der Waals surface area contributed by atoms with Gasteiger partial charge in [0, 0.05) is 20.2 Å². The number of benzene rings is 2. The van der Waals surface area contributed by atoms with Gasteiger partial charge in [-0.3, -0.25) is 4.79 Å². The number of carbonyl (C=O) groups is 1. The standard InChI is InChI=1S/C19H20ClN3O3/c1-4-25-17-10-13(11-21)8-9-16(17)26-12-18(24)22-15-7-5-6-14(20)19(15)23(2)3/h5-10H,4,12H2,1-3H3,(H,22,24). The number of para-hydroxylation sites is 1. The van der Waals surface area contributed by atoms with E-state index in [1.807, 2.05) is 32.0 Å². The van der Waals surface area contributed by atoms with Crippen LogP contribution < -0.4 is 19.7 Å². The molecule has 0 heterocycles. The molecule has 0 atom stereocenters. The van der Waals surface area contributed by atoms with E-state index in [0.717, 1.165) is 5.69 Å². The van der Waals surface area contributed by atoms with E-state index in [9.17, 15) is 4.79 Å². The maximum atomic E-state index is 12.3. The van der Waals surface area contributed by atoms with Gasteiger partial charge in [0.25, 0.3) is 5.91 Å². The quantitative estimate of drug-likeness (QED) is 0.801. The fraction of sp³-hybridized carbons (Fsp3) is 0.263. The number of amides is 1. The second-order valence-electron chi connectivity index (χ2n) is 5.57. The number of ether oxygens (including phenoxy) is 2. The Morgan fingerprint density at radius 2 is 2.00 bits per heavy atom. The molecule has 26 heavy (non-hydrogen) atoms. The van der Waals surface area contributed by atoms with Crippen LogP contribution in [0.3, 0.4) is 0 Å². The SMILES string of the molecule is CCOc1cc(C#N)ccc1OCC(=O)Nc1cccc(Cl)c1N(C)C. The van der Waals surface area contributed by atoms with Gasteiger partial charge in [0.2, 0.25) is 0 Å². The van der Waals surface area contributed by atoms with Crippen LogP contribution in [0.4, 0.5) is 11.4 Å². The highest BCUT2D eigenvalue weighted by Crippen LogP contribution is 2.32. The van der Waals surface area contributed by atoms with Crippen LogP contribution >= 0.6 is 11.6 Å². The minimum Gasteiger partial charge on any atom is -0.490 e. The van der Waals surface area contributed by atoms with Gasteiger partial charge in [0.1, 0.15) is 0 Å². The van der Waals surface area contributed by atoms with Crippen molar-refractivity contribution in [2.24, 2.45) is 0 Å². The van der Waals surface area contributed by atoms with Crippen molar-refractivity contribution in [2.75, 3.05) is 37.5 Å². The predicted octanol–water partition coefficient (Wildman–Crippen LogP) is 3.69. The molecule has 2 rings (SSSR count). The van der Waals surface area contributed by atoms with Gasteiger partial charge in [-0.2, -0.15) is 5.26 Å². The van der Waals surface area contributed by atoms with Gasteiger partial charge < -0.3 is 19.7 Å². The van der Waals surface area contributed by atoms with E-state index in [0.29, 0.717) is 34.4 Å². The number of anilines is 2. The summed E-state index contributed by atoms with van der Waals surface area (Å²) < 4.78 is 11.0. The van der Waals surface area contributed by atoms with Crippen LogP contribution in [0.5, 0.6) is 11.5 Å². The highest BCUT2D eigenvalue weighted by atomic mass is 35.5. The second-order valence-corrected chi connectivity index (χ2v) is 5.98. The van der Waals surface area contributed by atoms with E-state index < -0.39 is 0 Å². The van der Waals surface area contributed by atoms with Crippen molar-refractivity contribution in [3.05, 3.63) is 47.0 Å². The summed E-state index contributed by atoms with van der Waals surface area (Å²) in [5.41, 5.74) is 1.77. The number of nitriles is 1. The molecule has 6 nitrogen and oxygen atoms in total. The number of rotatable bonds is 7. The zero-order valence-electron chi connectivity index (χ0n) is 14.9. The van der Waals surface area contributed by atoms with Crippen LogP contribution in [-0.2, 0) is 4.79 Å². The molecule has 0 radical (unpaired) electrons. The predicted molar refractivity (Wildman–Crippen MR) is 102 cm³/mol. The normalized spacial score (nSPS) is 9.96. The van der Waals surface area contributed by atoms with E-state index in [-0.39, 0.29) is 12.5 Å². The molecule has 2 aromatic rings. The van der Waals surface area contributed by atoms with Gasteiger partial charge in [-0.05, 0) is 31.2 Å². The molecule has 0 fully saturated rings. The minimum absolute atomic E-state index is 0.203. The first kappa shape index (κ1) is 19.4. The summed E-state index contributed by atoms with van der Waals surface area (Å²) >= 11 is 6.20. The third-order valence-electron chi connectivity index (χ3n) is 3.44. The Morgan fingerprint density at radius 3 is 2.65 bits per heavy atom. The Hall–Kier alpha value is -2.91. The van der Waals surface area contributed by atoms with Gasteiger partial charge in [0.15, 0.2) is 18.1 Å². The fourth-order valence-corrected chi connectivity index (χ4v) is 2.71. The van der Waals surface area contributed by atoms with E-state index in [2.05, 4.69) is 5.32 Å². The molecule has 2 aromatic carbocycles. The summed E-state index contributed by atoms with van der Waals surface area (Å²) in [6, 6.07) is 12.1. The zero-order chi connectivity index (χ0) is 19.1. The van der Waals surface area contributed by atoms with Crippen LogP contribution in [0.25, 0.3) is 0 Å². The van der Waals surface area contributed by atoms with Crippen LogP contribution in [-0.4, -0.2) is 33.2 Å². The first-order chi connectivity index (χ1) is 12.5. The molecule has 7 heteroatoms. The zero-order valence-corrected chi connectivity index (χ0v) is 15.6. The molecule has 136 valence electrons. The van der Waals surface area contributed by atoms with Gasteiger partial charge in [0.05, 0.1) is 34.6 Å². The van der Waals surface area contributed by atoms with Gasteiger partial charge in [-0.25, -0.2) is 0 Å². The van der Waals surface area contributed by atoms with Crippen molar-refractivity contribution in [1.29, 1.82) is 5.26 Å². The lowest BCUT2D eigenvalue weighted by Gasteiger charge is -2.19. The molecule has 0 aromatic heterocycles. The summed E-state index contributed by atoms with van der Waals surface area (Å²) in [5.74, 6) is 0.498. The van der Waals surface area contributed by atoms with Crippen molar-refractivity contribution in [3.63, 3.8) is 0 Å². The maximum absolute atomic E-state index is 12.3. The number of carbonyl (C=O) groups excluding carboxylic acids is 1. The van der Waals surface area contributed by atoms with Crippen molar-refractivity contribution < 1.29 is 14.3 Å². The third kappa shape index (κ3) is 4.80. The molecular formula is C19H20ClN3O3. The molecule has 0 spiro atoms. The van der Waals surface area contributed by atoms with Crippen molar-refractivity contribution in [1.82, 2.24) is 0 Å². The number of nitrogens with one attached hydrogen (secondary N) is 1. The number of hydrogen-bond donors (Lipinski definition) is 1. The average Bonchev–Trinajstić information content (AvgIpc) is 2.60. The fourth-order valence-electron chi connectivity index (χ4n) is 2.37. The Bertz CT molecular complexity index is 831. The minimum atomic E-state index is -0.331. The Kier molecular flexibility index (Phi) is 6.70. The molecule has 0 saturated carbocycles. The number of hydrogen-bond acceptors (Lipinski definition) is 5. The monoisotopic (exact) mass is 373 g/mol. The molecule has 0 aliphatic rings.